The lowest BCUT2D eigenvalue weighted by Crippen LogP contribution is -2.19. The van der Waals surface area contributed by atoms with Crippen molar-refractivity contribution in [2.45, 2.75) is 11.7 Å². The quantitative estimate of drug-likeness (QED) is 0.368. The average Bonchev–Trinajstić information content (AvgIpc) is 2.13. The van der Waals surface area contributed by atoms with E-state index in [2.05, 4.69) is 16.3 Å². The Kier molecular flexibility index (Phi) is 3.65. The second-order valence-corrected chi connectivity index (χ2v) is 3.42. The Balaban J connectivity index is 3.30. The van der Waals surface area contributed by atoms with Crippen molar-refractivity contribution in [1.29, 1.82) is 0 Å². The van der Waals surface area contributed by atoms with Gasteiger partial charge in [-0.2, -0.15) is 13.2 Å². The number of halogens is 6. The zero-order valence-corrected chi connectivity index (χ0v) is 8.93. The van der Waals surface area contributed by atoms with Gasteiger partial charge in [0.2, 0.25) is 0 Å². The van der Waals surface area contributed by atoms with E-state index in [4.69, 9.17) is 0 Å². The highest BCUT2D eigenvalue weighted by molar-refractivity contribution is 6.20. The first-order chi connectivity index (χ1) is 8.00. The number of nitro groups is 1. The molecule has 18 heavy (non-hydrogen) atoms. The number of non-ortho nitro benzene ring substituents is 1. The summed E-state index contributed by atoms with van der Waals surface area (Å²) in [4.78, 5) is 9.20. The molecule has 0 unspecified atom stereocenters. The minimum atomic E-state index is -5.09. The number of hydrogen-bond donors (Lipinski definition) is 0. The number of ether oxygens (including phenoxy) is 1. The third-order valence-electron chi connectivity index (χ3n) is 1.71. The molecule has 0 radical (unpaired) electrons. The zero-order chi connectivity index (χ0) is 14.1. The minimum Gasteiger partial charge on any atom is -0.419 e. The third-order valence-corrected chi connectivity index (χ3v) is 1.78. The SMILES string of the molecule is O=[N+]([O-])c1ccc(OC(F)(F)Cl)c(C(F)(F)F)c1. The summed E-state index contributed by atoms with van der Waals surface area (Å²) in [6.45, 7) is 0. The van der Waals surface area contributed by atoms with Crippen molar-refractivity contribution in [3.8, 4) is 5.75 Å². The van der Waals surface area contributed by atoms with Crippen LogP contribution in [0.5, 0.6) is 5.75 Å². The van der Waals surface area contributed by atoms with Gasteiger partial charge in [-0.3, -0.25) is 10.1 Å². The first-order valence-electron chi connectivity index (χ1n) is 4.12. The molecular formula is C8H3ClF5NO3. The molecule has 0 fully saturated rings. The third kappa shape index (κ3) is 3.69. The van der Waals surface area contributed by atoms with Gasteiger partial charge >= 0.3 is 11.7 Å². The Labute approximate surface area is 101 Å². The molecular weight excluding hydrogens is 289 g/mol. The van der Waals surface area contributed by atoms with Crippen LogP contribution in [-0.4, -0.2) is 10.5 Å². The second kappa shape index (κ2) is 4.56. The summed E-state index contributed by atoms with van der Waals surface area (Å²) < 4.78 is 65.6. The molecule has 1 aromatic carbocycles. The molecule has 0 heterocycles. The predicted molar refractivity (Wildman–Crippen MR) is 49.5 cm³/mol. The average molecular weight is 292 g/mol. The number of hydrogen-bond acceptors (Lipinski definition) is 3. The summed E-state index contributed by atoms with van der Waals surface area (Å²) in [5.41, 5.74) is -6.97. The molecule has 0 spiro atoms. The van der Waals surface area contributed by atoms with Crippen LogP contribution in [0.1, 0.15) is 5.56 Å². The Hall–Kier alpha value is -1.64. The normalized spacial score (nSPS) is 12.3. The van der Waals surface area contributed by atoms with Crippen molar-refractivity contribution in [3.05, 3.63) is 33.9 Å². The van der Waals surface area contributed by atoms with Crippen LogP contribution in [-0.2, 0) is 6.18 Å². The first kappa shape index (κ1) is 14.4. The number of nitro benzene ring substituents is 1. The van der Waals surface area contributed by atoms with Crippen LogP contribution in [0.15, 0.2) is 18.2 Å². The molecule has 0 amide bonds. The van der Waals surface area contributed by atoms with Gasteiger partial charge in [-0.1, -0.05) is 0 Å². The minimum absolute atomic E-state index is 0.0813. The second-order valence-electron chi connectivity index (χ2n) is 2.98. The summed E-state index contributed by atoms with van der Waals surface area (Å²) in [5.74, 6) is -1.30. The van der Waals surface area contributed by atoms with E-state index in [-0.39, 0.29) is 6.07 Å². The Morgan fingerprint density at radius 2 is 1.78 bits per heavy atom. The molecule has 4 nitrogen and oxygen atoms in total. The fourth-order valence-electron chi connectivity index (χ4n) is 1.07. The monoisotopic (exact) mass is 291 g/mol. The molecule has 0 aliphatic carbocycles. The largest absolute Gasteiger partial charge is 0.487 e. The van der Waals surface area contributed by atoms with E-state index < -0.39 is 33.7 Å². The van der Waals surface area contributed by atoms with E-state index >= 15 is 0 Å². The van der Waals surface area contributed by atoms with E-state index in [1.807, 2.05) is 0 Å². The van der Waals surface area contributed by atoms with Crippen LogP contribution in [0.25, 0.3) is 0 Å². The Bertz CT molecular complexity index is 471. The maximum atomic E-state index is 12.5. The van der Waals surface area contributed by atoms with Gasteiger partial charge < -0.3 is 4.74 Å². The summed E-state index contributed by atoms with van der Waals surface area (Å²) >= 11 is 4.34. The van der Waals surface area contributed by atoms with Gasteiger partial charge in [-0.25, -0.2) is 0 Å². The lowest BCUT2D eigenvalue weighted by molar-refractivity contribution is -0.385. The van der Waals surface area contributed by atoms with Crippen molar-refractivity contribution in [1.82, 2.24) is 0 Å². The highest BCUT2D eigenvalue weighted by Crippen LogP contribution is 2.40. The van der Waals surface area contributed by atoms with Crippen LogP contribution in [0.2, 0.25) is 0 Å². The van der Waals surface area contributed by atoms with Crippen molar-refractivity contribution < 1.29 is 31.6 Å². The predicted octanol–water partition coefficient (Wildman–Crippen LogP) is 3.78. The topological polar surface area (TPSA) is 52.4 Å². The molecule has 0 N–H and O–H groups in total. The molecule has 1 aromatic rings. The van der Waals surface area contributed by atoms with Crippen LogP contribution in [0, 0.1) is 10.1 Å². The van der Waals surface area contributed by atoms with Gasteiger partial charge in [0.05, 0.1) is 4.92 Å². The summed E-state index contributed by atoms with van der Waals surface area (Å²) in [6.07, 6.45) is -5.09. The van der Waals surface area contributed by atoms with E-state index in [9.17, 15) is 32.1 Å². The van der Waals surface area contributed by atoms with Gasteiger partial charge in [0.1, 0.15) is 11.3 Å². The van der Waals surface area contributed by atoms with Crippen molar-refractivity contribution in [2.75, 3.05) is 0 Å². The number of benzene rings is 1. The number of rotatable bonds is 3. The lowest BCUT2D eigenvalue weighted by Gasteiger charge is -2.15. The smallest absolute Gasteiger partial charge is 0.419 e. The molecule has 0 saturated carbocycles. The number of nitrogens with zero attached hydrogens (tertiary/aromatic N) is 1. The van der Waals surface area contributed by atoms with Crippen LogP contribution in [0.3, 0.4) is 0 Å². The molecule has 100 valence electrons. The van der Waals surface area contributed by atoms with Gasteiger partial charge in [0.15, 0.2) is 0 Å². The molecule has 0 aromatic heterocycles. The van der Waals surface area contributed by atoms with Gasteiger partial charge in [-0.15, -0.1) is 8.78 Å². The van der Waals surface area contributed by atoms with Crippen molar-refractivity contribution >= 4 is 17.3 Å². The van der Waals surface area contributed by atoms with Crippen LogP contribution in [0.4, 0.5) is 27.6 Å². The summed E-state index contributed by atoms with van der Waals surface area (Å²) in [5, 5.41) is 10.3. The molecule has 0 aliphatic rings. The van der Waals surface area contributed by atoms with E-state index in [0.717, 1.165) is 0 Å². The van der Waals surface area contributed by atoms with E-state index in [1.54, 1.807) is 0 Å². The molecule has 0 aliphatic heterocycles. The molecule has 0 atom stereocenters. The molecule has 1 rings (SSSR count). The van der Waals surface area contributed by atoms with Gasteiger partial charge in [0.25, 0.3) is 5.69 Å². The zero-order valence-electron chi connectivity index (χ0n) is 8.17. The fourth-order valence-corrected chi connectivity index (χ4v) is 1.15. The van der Waals surface area contributed by atoms with Gasteiger partial charge in [-0.05, 0) is 6.07 Å². The Morgan fingerprint density at radius 1 is 1.22 bits per heavy atom. The highest BCUT2D eigenvalue weighted by Gasteiger charge is 2.39. The van der Waals surface area contributed by atoms with Crippen LogP contribution < -0.4 is 4.74 Å². The Morgan fingerprint density at radius 3 is 2.17 bits per heavy atom. The molecule has 0 bridgehead atoms. The van der Waals surface area contributed by atoms with Crippen molar-refractivity contribution in [2.24, 2.45) is 0 Å². The van der Waals surface area contributed by atoms with E-state index in [1.165, 1.54) is 0 Å². The maximum Gasteiger partial charge on any atom is 0.487 e. The first-order valence-corrected chi connectivity index (χ1v) is 4.50. The summed E-state index contributed by atoms with van der Waals surface area (Å²) in [6, 6.07) is 1.07. The number of alkyl halides is 6. The maximum absolute atomic E-state index is 12.5. The van der Waals surface area contributed by atoms with Gasteiger partial charge in [0, 0.05) is 23.7 Å². The van der Waals surface area contributed by atoms with Crippen LogP contribution >= 0.6 is 11.6 Å². The lowest BCUT2D eigenvalue weighted by atomic mass is 10.1. The highest BCUT2D eigenvalue weighted by atomic mass is 35.5. The van der Waals surface area contributed by atoms with Crippen molar-refractivity contribution in [3.63, 3.8) is 0 Å². The van der Waals surface area contributed by atoms with E-state index in [0.29, 0.717) is 12.1 Å². The molecule has 0 saturated heterocycles. The fraction of sp³-hybridized carbons (Fsp3) is 0.250. The molecule has 10 heteroatoms. The standard InChI is InChI=1S/C8H3ClF5NO3/c9-8(13,14)18-6-2-1-4(15(16)17)3-5(6)7(10,11)12/h1-3H. The summed E-state index contributed by atoms with van der Waals surface area (Å²) in [7, 11) is 0.